The van der Waals surface area contributed by atoms with Crippen LogP contribution in [-0.2, 0) is 33.2 Å². The maximum atomic E-state index is 10.9. The van der Waals surface area contributed by atoms with Crippen LogP contribution in [0.15, 0.2) is 25.7 Å². The molecule has 0 spiro atoms. The van der Waals surface area contributed by atoms with E-state index in [-0.39, 0.29) is 104 Å². The zero-order valence-corrected chi connectivity index (χ0v) is 23.1. The molecule has 6 N–H and O–H groups in total. The Kier molecular flexibility index (Phi) is 15.8. The molecule has 2 fully saturated rings. The van der Waals surface area contributed by atoms with E-state index in [9.17, 15) is 30.6 Å². The third-order valence-electron chi connectivity index (χ3n) is 7.53. The van der Waals surface area contributed by atoms with Crippen LogP contribution in [0.4, 0.5) is 0 Å². The highest BCUT2D eigenvalue weighted by Crippen LogP contribution is 2.43. The molecule has 7 unspecified atom stereocenters. The Balaban J connectivity index is 2.20. The molecule has 2 aliphatic rings. The van der Waals surface area contributed by atoms with Crippen LogP contribution >= 0.6 is 0 Å². The molecule has 40 heavy (non-hydrogen) atoms. The van der Waals surface area contributed by atoms with Gasteiger partial charge in [0.2, 0.25) is 0 Å². The number of hydrogen-bond acceptors (Lipinski definition) is 13. The molecule has 0 aliphatic carbocycles. The topological polar surface area (TPSA) is 186 Å². The van der Waals surface area contributed by atoms with E-state index in [1.165, 1.54) is 12.5 Å². The van der Waals surface area contributed by atoms with Crippen LogP contribution in [-0.4, -0.2) is 164 Å². The van der Waals surface area contributed by atoms with Gasteiger partial charge in [0.05, 0.1) is 90.3 Å². The van der Waals surface area contributed by atoms with Crippen molar-refractivity contribution in [2.45, 2.75) is 30.0 Å². The van der Waals surface area contributed by atoms with Gasteiger partial charge in [-0.25, -0.2) is 0 Å². The molecule has 7 atom stereocenters. The van der Waals surface area contributed by atoms with E-state index in [0.29, 0.717) is 0 Å². The number of aliphatic hydroxyl groups is 6. The number of nitrogens with zero attached hydrogens (tertiary/aromatic N) is 1. The van der Waals surface area contributed by atoms with E-state index < -0.39 is 41.9 Å². The van der Waals surface area contributed by atoms with Gasteiger partial charge in [0, 0.05) is 11.8 Å². The Morgan fingerprint density at radius 1 is 0.875 bits per heavy atom. The van der Waals surface area contributed by atoms with Gasteiger partial charge in [-0.15, -0.1) is 0 Å². The fourth-order valence-electron chi connectivity index (χ4n) is 5.57. The van der Waals surface area contributed by atoms with Crippen LogP contribution < -0.4 is 0 Å². The summed E-state index contributed by atoms with van der Waals surface area (Å²) in [7, 11) is 0. The van der Waals surface area contributed by atoms with Gasteiger partial charge in [0.1, 0.15) is 37.9 Å². The minimum absolute atomic E-state index is 0.0153. The number of quaternary nitrogens is 1. The Bertz CT molecular complexity index is 699. The average molecular weight is 583 g/mol. The molecule has 0 radical (unpaired) electrons. The molecular weight excluding hydrogens is 534 g/mol. The van der Waals surface area contributed by atoms with Gasteiger partial charge in [-0.2, -0.15) is 0 Å². The lowest BCUT2D eigenvalue weighted by Crippen LogP contribution is -2.58. The quantitative estimate of drug-likeness (QED) is 0.0323. The molecule has 14 heteroatoms. The molecular formula is C26H48NO13+. The summed E-state index contributed by atoms with van der Waals surface area (Å²) >= 11 is 0. The van der Waals surface area contributed by atoms with Crippen LogP contribution in [0.3, 0.4) is 0 Å². The second kappa shape index (κ2) is 18.2. The Labute approximate surface area is 235 Å². The summed E-state index contributed by atoms with van der Waals surface area (Å²) in [5.74, 6) is -1.20. The highest BCUT2D eigenvalue weighted by Gasteiger charge is 2.60. The van der Waals surface area contributed by atoms with Gasteiger partial charge in [0.15, 0.2) is 13.6 Å². The highest BCUT2D eigenvalue weighted by atomic mass is 16.7. The lowest BCUT2D eigenvalue weighted by molar-refractivity contribution is -0.931. The molecule has 0 aromatic rings. The van der Waals surface area contributed by atoms with Crippen LogP contribution in [0.25, 0.3) is 0 Å². The first-order valence-electron chi connectivity index (χ1n) is 13.5. The molecule has 2 rings (SSSR count). The first-order valence-corrected chi connectivity index (χ1v) is 13.5. The van der Waals surface area contributed by atoms with Crippen LogP contribution in [0, 0.1) is 11.8 Å². The van der Waals surface area contributed by atoms with Gasteiger partial charge < -0.3 is 68.3 Å². The standard InChI is InChI=1S/C26H48NO13/c1-3-34-18-37-13-21-23(32)15-39-25(21)26(22(24(33)16-40-26)14-38-19-35-4-2)17-36-12-20(31)11-27(5-8-28,6-9-29)7-10-30/h3-4,20-25,28-33H,1-2,5-19H2/q+1. The van der Waals surface area contributed by atoms with E-state index >= 15 is 0 Å². The van der Waals surface area contributed by atoms with Crippen molar-refractivity contribution < 1.29 is 68.3 Å². The van der Waals surface area contributed by atoms with Gasteiger partial charge in [-0.1, -0.05) is 13.2 Å². The summed E-state index contributed by atoms with van der Waals surface area (Å²) in [6, 6.07) is 0. The molecule has 0 aromatic heterocycles. The molecule has 2 heterocycles. The van der Waals surface area contributed by atoms with Crippen LogP contribution in [0.2, 0.25) is 0 Å². The maximum Gasteiger partial charge on any atom is 0.188 e. The zero-order chi connectivity index (χ0) is 29.4. The van der Waals surface area contributed by atoms with E-state index in [2.05, 4.69) is 13.2 Å². The molecule has 2 aliphatic heterocycles. The number of ether oxygens (including phenoxy) is 7. The fraction of sp³-hybridized carbons (Fsp3) is 0.846. The number of rotatable bonds is 23. The molecule has 14 nitrogen and oxygen atoms in total. The smallest absolute Gasteiger partial charge is 0.188 e. The third kappa shape index (κ3) is 9.58. The van der Waals surface area contributed by atoms with E-state index in [0.717, 1.165) is 0 Å². The number of aliphatic hydroxyl groups excluding tert-OH is 6. The second-order valence-electron chi connectivity index (χ2n) is 10.1. The molecule has 0 bridgehead atoms. The van der Waals surface area contributed by atoms with Crippen molar-refractivity contribution in [3.8, 4) is 0 Å². The summed E-state index contributed by atoms with van der Waals surface area (Å²) in [5.41, 5.74) is -1.27. The van der Waals surface area contributed by atoms with Gasteiger partial charge in [-0.05, 0) is 0 Å². The molecule has 2 saturated heterocycles. The molecule has 0 saturated carbocycles. The molecule has 0 aromatic carbocycles. The first kappa shape index (κ1) is 34.8. The van der Waals surface area contributed by atoms with Gasteiger partial charge in [0.25, 0.3) is 0 Å². The highest BCUT2D eigenvalue weighted by molar-refractivity contribution is 5.07. The first-order chi connectivity index (χ1) is 19.3. The predicted octanol–water partition coefficient (Wildman–Crippen LogP) is -2.45. The normalized spacial score (nSPS) is 29.4. The van der Waals surface area contributed by atoms with Crippen molar-refractivity contribution in [1.82, 2.24) is 0 Å². The summed E-state index contributed by atoms with van der Waals surface area (Å²) in [6.07, 6.45) is -1.11. The van der Waals surface area contributed by atoms with Crippen LogP contribution in [0.5, 0.6) is 0 Å². The number of hydrogen-bond donors (Lipinski definition) is 6. The SMILES string of the molecule is C=COCOCC1C(O)COC1C1(COCC(O)C[N+](CCO)(CCO)CCO)OCC(O)C1COCOC=C. The molecule has 0 amide bonds. The van der Waals surface area contributed by atoms with Crippen molar-refractivity contribution >= 4 is 0 Å². The fourth-order valence-corrected chi connectivity index (χ4v) is 5.57. The summed E-state index contributed by atoms with van der Waals surface area (Å²) in [4.78, 5) is 0. The van der Waals surface area contributed by atoms with E-state index in [1.54, 1.807) is 0 Å². The summed E-state index contributed by atoms with van der Waals surface area (Å²) in [5, 5.41) is 60.9. The summed E-state index contributed by atoms with van der Waals surface area (Å²) < 4.78 is 39.5. The van der Waals surface area contributed by atoms with E-state index in [4.69, 9.17) is 33.2 Å². The monoisotopic (exact) mass is 582 g/mol. The second-order valence-corrected chi connectivity index (χ2v) is 10.1. The third-order valence-corrected chi connectivity index (χ3v) is 7.53. The van der Waals surface area contributed by atoms with Gasteiger partial charge >= 0.3 is 0 Å². The summed E-state index contributed by atoms with van der Waals surface area (Å²) in [6.45, 7) is 6.92. The lowest BCUT2D eigenvalue weighted by Gasteiger charge is -2.42. The van der Waals surface area contributed by atoms with E-state index in [1.807, 2.05) is 0 Å². The van der Waals surface area contributed by atoms with Crippen molar-refractivity contribution in [2.75, 3.05) is 99.2 Å². The largest absolute Gasteiger partial charge is 0.476 e. The lowest BCUT2D eigenvalue weighted by atomic mass is 9.77. The Hall–Kier alpha value is -1.40. The van der Waals surface area contributed by atoms with Crippen LogP contribution in [0.1, 0.15) is 0 Å². The van der Waals surface area contributed by atoms with Crippen molar-refractivity contribution in [3.05, 3.63) is 25.7 Å². The van der Waals surface area contributed by atoms with Crippen molar-refractivity contribution in [1.29, 1.82) is 0 Å². The maximum absolute atomic E-state index is 10.9. The minimum atomic E-state index is -1.27. The Morgan fingerprint density at radius 2 is 1.48 bits per heavy atom. The predicted molar refractivity (Wildman–Crippen MR) is 139 cm³/mol. The van der Waals surface area contributed by atoms with Crippen molar-refractivity contribution in [3.63, 3.8) is 0 Å². The minimum Gasteiger partial charge on any atom is -0.476 e. The average Bonchev–Trinajstić information content (AvgIpc) is 3.44. The van der Waals surface area contributed by atoms with Gasteiger partial charge in [-0.3, -0.25) is 0 Å². The molecule has 234 valence electrons. The Morgan fingerprint density at radius 3 is 2.05 bits per heavy atom. The van der Waals surface area contributed by atoms with Crippen molar-refractivity contribution in [2.24, 2.45) is 11.8 Å². The zero-order valence-electron chi connectivity index (χ0n) is 23.1.